The van der Waals surface area contributed by atoms with Crippen molar-refractivity contribution in [2.75, 3.05) is 19.5 Å². The molecule has 18 heavy (non-hydrogen) atoms. The third-order valence-electron chi connectivity index (χ3n) is 2.91. The first-order chi connectivity index (χ1) is 6.82. The molecule has 0 fully saturated rings. The van der Waals surface area contributed by atoms with E-state index in [0.29, 0.717) is 5.41 Å². The van der Waals surface area contributed by atoms with E-state index >= 15 is 0 Å². The van der Waals surface area contributed by atoms with Gasteiger partial charge in [0, 0.05) is 0 Å². The normalized spacial score (nSPS) is 15.9. The zero-order valence-electron chi connectivity index (χ0n) is 11.8. The van der Waals surface area contributed by atoms with E-state index < -0.39 is 0 Å². The maximum absolute atomic E-state index is 2.77. The molecule has 5 heteroatoms. The molecule has 0 heterocycles. The number of rotatable bonds is 3. The van der Waals surface area contributed by atoms with Gasteiger partial charge in [-0.1, -0.05) is 0 Å². The van der Waals surface area contributed by atoms with Crippen molar-refractivity contribution < 1.29 is 17.4 Å². The molecule has 0 N–H and O–H groups in total. The summed E-state index contributed by atoms with van der Waals surface area (Å²) >= 11 is 2.77. The van der Waals surface area contributed by atoms with Gasteiger partial charge in [0.05, 0.1) is 0 Å². The molecule has 0 aromatic heterocycles. The Hall–Kier alpha value is 1.36. The van der Waals surface area contributed by atoms with Crippen LogP contribution in [0.25, 0.3) is 0 Å². The minimum absolute atomic E-state index is 0. The largest absolute Gasteiger partial charge is 0.147 e. The van der Waals surface area contributed by atoms with Crippen molar-refractivity contribution in [2.24, 2.45) is 11.3 Å². The first-order valence-electron chi connectivity index (χ1n) is 5.55. The van der Waals surface area contributed by atoms with Crippen LogP contribution in [0, 0.1) is 11.3 Å². The molecule has 1 aliphatic rings. The van der Waals surface area contributed by atoms with Crippen molar-refractivity contribution in [3.05, 3.63) is 22.0 Å². The van der Waals surface area contributed by atoms with Gasteiger partial charge in [0.1, 0.15) is 0 Å². The van der Waals surface area contributed by atoms with Gasteiger partial charge in [-0.2, -0.15) is 0 Å². The predicted octanol–water partition coefficient (Wildman–Crippen LogP) is 5.42. The molecule has 1 rings (SSSR count). The average Bonchev–Trinajstić information content (AvgIpc) is 2.45. The number of hydrogen-bond acceptors (Lipinski definition) is 0. The third-order valence-corrected chi connectivity index (χ3v) is 4.69. The Morgan fingerprint density at radius 3 is 2.00 bits per heavy atom. The molecule has 0 spiro atoms. The molecular formula is C13H25Cl3PV. The summed E-state index contributed by atoms with van der Waals surface area (Å²) in [6.45, 7) is 11.9. The molecule has 0 aromatic carbocycles. The van der Waals surface area contributed by atoms with Crippen LogP contribution in [-0.4, -0.2) is 19.5 Å². The molecule has 0 radical (unpaired) electrons. The second-order valence-corrected chi connectivity index (χ2v) is 9.06. The van der Waals surface area contributed by atoms with Crippen LogP contribution >= 0.6 is 45.1 Å². The van der Waals surface area contributed by atoms with E-state index in [0.717, 1.165) is 12.3 Å². The van der Waals surface area contributed by atoms with Crippen molar-refractivity contribution in [3.63, 3.8) is 0 Å². The van der Waals surface area contributed by atoms with Crippen LogP contribution in [0.3, 0.4) is 0 Å². The van der Waals surface area contributed by atoms with Gasteiger partial charge in [-0.3, -0.25) is 0 Å². The summed E-state index contributed by atoms with van der Waals surface area (Å²) in [6.07, 6.45) is 7.16. The zero-order valence-corrected chi connectivity index (χ0v) is 16.5. The van der Waals surface area contributed by atoms with E-state index in [2.05, 4.69) is 63.7 Å². The van der Waals surface area contributed by atoms with E-state index in [9.17, 15) is 0 Å². The first kappa shape index (κ1) is 24.4. The molecule has 0 saturated heterocycles. The summed E-state index contributed by atoms with van der Waals surface area (Å²) in [5, 5.41) is 0. The van der Waals surface area contributed by atoms with Gasteiger partial charge in [0.25, 0.3) is 0 Å². The van der Waals surface area contributed by atoms with Crippen molar-refractivity contribution >= 4 is 45.1 Å². The third kappa shape index (κ3) is 7.23. The Kier molecular flexibility index (Phi) is 13.7. The topological polar surface area (TPSA) is 0 Å². The van der Waals surface area contributed by atoms with Gasteiger partial charge in [-0.15, -0.1) is 37.2 Å². The SMILES string of the molecule is CP(C)CC(C1=[C]([V])CC=C1)C(C)(C)C.Cl.Cl.Cl. The molecular weight excluding hydrogens is 344 g/mol. The summed E-state index contributed by atoms with van der Waals surface area (Å²) in [5.41, 5.74) is 1.99. The Labute approximate surface area is 142 Å². The maximum Gasteiger partial charge on any atom is -0.147 e. The Balaban J connectivity index is -0.000000750. The Bertz CT molecular complexity index is 293. The van der Waals surface area contributed by atoms with Gasteiger partial charge in [-0.25, -0.2) is 0 Å². The van der Waals surface area contributed by atoms with Gasteiger partial charge in [0.15, 0.2) is 0 Å². The molecule has 0 amide bonds. The molecule has 0 aromatic rings. The van der Waals surface area contributed by atoms with Crippen LogP contribution in [0.5, 0.6) is 0 Å². The van der Waals surface area contributed by atoms with E-state index in [1.54, 1.807) is 5.57 Å². The molecule has 108 valence electrons. The summed E-state index contributed by atoms with van der Waals surface area (Å²) < 4.78 is 1.53. The van der Waals surface area contributed by atoms with E-state index in [1.807, 2.05) is 0 Å². The zero-order chi connectivity index (χ0) is 11.6. The summed E-state index contributed by atoms with van der Waals surface area (Å²) in [7, 11) is 0.186. The fraction of sp³-hybridized carbons (Fsp3) is 0.692. The molecule has 0 bridgehead atoms. The van der Waals surface area contributed by atoms with Crippen LogP contribution in [0.15, 0.2) is 22.0 Å². The Morgan fingerprint density at radius 2 is 1.72 bits per heavy atom. The number of halogens is 3. The van der Waals surface area contributed by atoms with Gasteiger partial charge in [0.2, 0.25) is 0 Å². The molecule has 1 aliphatic carbocycles. The van der Waals surface area contributed by atoms with Crippen molar-refractivity contribution in [3.8, 4) is 0 Å². The second-order valence-electron chi connectivity index (χ2n) is 5.69. The second kappa shape index (κ2) is 10.1. The predicted molar refractivity (Wildman–Crippen MR) is 89.1 cm³/mol. The van der Waals surface area contributed by atoms with Crippen LogP contribution in [0.2, 0.25) is 0 Å². The number of hydrogen-bond donors (Lipinski definition) is 0. The molecule has 0 nitrogen and oxygen atoms in total. The van der Waals surface area contributed by atoms with Crippen LogP contribution in [0.1, 0.15) is 27.2 Å². The van der Waals surface area contributed by atoms with Crippen LogP contribution < -0.4 is 0 Å². The van der Waals surface area contributed by atoms with Gasteiger partial charge < -0.3 is 0 Å². The Morgan fingerprint density at radius 1 is 1.22 bits per heavy atom. The minimum atomic E-state index is 0. The van der Waals surface area contributed by atoms with Gasteiger partial charge >= 0.3 is 105 Å². The molecule has 1 atom stereocenters. The maximum atomic E-state index is 2.77. The van der Waals surface area contributed by atoms with Crippen molar-refractivity contribution in [2.45, 2.75) is 27.2 Å². The summed E-state index contributed by atoms with van der Waals surface area (Å²) in [4.78, 5) is 0. The quantitative estimate of drug-likeness (QED) is 0.583. The standard InChI is InChI=1S/C13H22P.3ClH.V/c1-13(2,3)12(10-14(4)5)11-8-6-7-9-11;;;;/h6,8,12H,7,10H2,1-5H3;3*1H;. The average molecular weight is 370 g/mol. The smallest absolute Gasteiger partial charge is 0.147 e. The monoisotopic (exact) mass is 368 g/mol. The van der Waals surface area contributed by atoms with Crippen molar-refractivity contribution in [1.29, 1.82) is 0 Å². The number of allylic oxidation sites excluding steroid dienone is 4. The van der Waals surface area contributed by atoms with Crippen molar-refractivity contribution in [1.82, 2.24) is 0 Å². The van der Waals surface area contributed by atoms with Crippen LogP contribution in [0.4, 0.5) is 0 Å². The minimum Gasteiger partial charge on any atom is -0.147 e. The fourth-order valence-corrected chi connectivity index (χ4v) is 4.03. The van der Waals surface area contributed by atoms with E-state index in [1.165, 1.54) is 10.4 Å². The molecule has 0 saturated carbocycles. The van der Waals surface area contributed by atoms with E-state index in [4.69, 9.17) is 0 Å². The summed E-state index contributed by atoms with van der Waals surface area (Å²) in [6, 6.07) is 0. The molecule has 0 aliphatic heterocycles. The fourth-order valence-electron chi connectivity index (χ4n) is 2.03. The van der Waals surface area contributed by atoms with E-state index in [-0.39, 0.29) is 45.1 Å². The van der Waals surface area contributed by atoms with Gasteiger partial charge in [-0.05, 0) is 0 Å². The summed E-state index contributed by atoms with van der Waals surface area (Å²) in [5.74, 6) is 0.732. The molecule has 1 unspecified atom stereocenters. The first-order valence-corrected chi connectivity index (χ1v) is 8.67. The van der Waals surface area contributed by atoms with Crippen LogP contribution in [-0.2, 0) is 17.4 Å².